The van der Waals surface area contributed by atoms with Gasteiger partial charge in [-0.3, -0.25) is 4.79 Å². The second-order valence-corrected chi connectivity index (χ2v) is 2.13. The topological polar surface area (TPSA) is 32.9 Å². The summed E-state index contributed by atoms with van der Waals surface area (Å²) < 4.78 is 0. The Balaban J connectivity index is 3.36. The minimum Gasteiger partial charge on any atom is -0.313 e. The highest BCUT2D eigenvalue weighted by atomic mass is 35.5. The van der Waals surface area contributed by atoms with Crippen molar-refractivity contribution in [2.24, 2.45) is 0 Å². The van der Waals surface area contributed by atoms with Gasteiger partial charge >= 0.3 is 0 Å². The van der Waals surface area contributed by atoms with Crippen molar-refractivity contribution in [2.45, 2.75) is 0 Å². The third kappa shape index (κ3) is 1.40. The van der Waals surface area contributed by atoms with E-state index in [0.29, 0.717) is 5.56 Å². The van der Waals surface area contributed by atoms with Crippen LogP contribution in [0.25, 0.3) is 0 Å². The monoisotopic (exact) mass is 153 g/mol. The van der Waals surface area contributed by atoms with E-state index in [9.17, 15) is 4.79 Å². The van der Waals surface area contributed by atoms with E-state index in [4.69, 9.17) is 18.0 Å². The third-order valence-corrected chi connectivity index (χ3v) is 1.18. The zero-order valence-electron chi connectivity index (χ0n) is 5.02. The van der Waals surface area contributed by atoms with Crippen molar-refractivity contribution in [3.63, 3.8) is 0 Å². The van der Waals surface area contributed by atoms with Crippen molar-refractivity contribution < 1.29 is 0 Å². The molecule has 0 saturated heterocycles. The Morgan fingerprint density at radius 2 is 2.30 bits per heavy atom. The summed E-state index contributed by atoms with van der Waals surface area (Å²) in [6.07, 6.45) is 5.03. The Kier molecular flexibility index (Phi) is 1.79. The number of aromatic nitrogens is 1. The fourth-order valence-electron chi connectivity index (χ4n) is 0.593. The molecule has 0 aliphatic carbocycles. The highest BCUT2D eigenvalue weighted by molar-refractivity contribution is 6.29. The van der Waals surface area contributed by atoms with Crippen LogP contribution in [0.1, 0.15) is 5.56 Å². The quantitative estimate of drug-likeness (QED) is 0.438. The number of nitrogens with one attached hydrogen (secondary N) is 1. The Morgan fingerprint density at radius 3 is 2.80 bits per heavy atom. The number of H-pyrrole nitrogens is 1. The molecule has 2 nitrogen and oxygen atoms in total. The fraction of sp³-hybridized carbons (Fsp3) is 0. The number of pyridine rings is 1. The summed E-state index contributed by atoms with van der Waals surface area (Å²) in [5, 5.41) is 0.264. The molecular formula is C7H4ClNO. The van der Waals surface area contributed by atoms with Crippen molar-refractivity contribution >= 4 is 11.6 Å². The van der Waals surface area contributed by atoms with E-state index in [1.165, 1.54) is 12.1 Å². The van der Waals surface area contributed by atoms with Gasteiger partial charge in [0.2, 0.25) is 5.56 Å². The lowest BCUT2D eigenvalue weighted by Gasteiger charge is -1.89. The Bertz CT molecular complexity index is 334. The van der Waals surface area contributed by atoms with Crippen molar-refractivity contribution in [3.8, 4) is 12.3 Å². The molecule has 1 N–H and O–H groups in total. The first-order valence-corrected chi connectivity index (χ1v) is 2.96. The van der Waals surface area contributed by atoms with E-state index in [-0.39, 0.29) is 10.7 Å². The lowest BCUT2D eigenvalue weighted by molar-refractivity contribution is 1.23. The number of rotatable bonds is 0. The Hall–Kier alpha value is -1.20. The average molecular weight is 154 g/mol. The molecule has 3 heteroatoms. The molecule has 0 aliphatic heterocycles. The summed E-state index contributed by atoms with van der Waals surface area (Å²) in [5.74, 6) is 2.30. The van der Waals surface area contributed by atoms with Crippen LogP contribution in [0.2, 0.25) is 5.15 Å². The molecule has 0 aliphatic rings. The SMILES string of the molecule is C#Cc1cc(Cl)[nH]c(=O)c1. The molecule has 0 bridgehead atoms. The van der Waals surface area contributed by atoms with Crippen molar-refractivity contribution in [3.05, 3.63) is 33.2 Å². The van der Waals surface area contributed by atoms with Gasteiger partial charge in [-0.2, -0.15) is 0 Å². The highest BCUT2D eigenvalue weighted by Crippen LogP contribution is 2.01. The van der Waals surface area contributed by atoms with E-state index in [1.807, 2.05) is 0 Å². The van der Waals surface area contributed by atoms with Crippen LogP contribution in [0.5, 0.6) is 0 Å². The fourth-order valence-corrected chi connectivity index (χ4v) is 0.803. The van der Waals surface area contributed by atoms with E-state index in [2.05, 4.69) is 10.9 Å². The summed E-state index contributed by atoms with van der Waals surface area (Å²) in [7, 11) is 0. The normalized spacial score (nSPS) is 8.80. The largest absolute Gasteiger partial charge is 0.313 e. The predicted octanol–water partition coefficient (Wildman–Crippen LogP) is 1.01. The number of halogens is 1. The summed E-state index contributed by atoms with van der Waals surface area (Å²) in [4.78, 5) is 13.0. The summed E-state index contributed by atoms with van der Waals surface area (Å²) in [6, 6.07) is 2.83. The van der Waals surface area contributed by atoms with Crippen LogP contribution in [0, 0.1) is 12.3 Å². The standard InChI is InChI=1S/C7H4ClNO/c1-2-5-3-6(8)9-7(10)4-5/h1,3-4H,(H,9,10). The van der Waals surface area contributed by atoms with E-state index in [1.54, 1.807) is 0 Å². The molecule has 1 heterocycles. The van der Waals surface area contributed by atoms with Gasteiger partial charge in [0.05, 0.1) is 0 Å². The van der Waals surface area contributed by atoms with Gasteiger partial charge < -0.3 is 4.98 Å². The molecule has 0 atom stereocenters. The number of hydrogen-bond donors (Lipinski definition) is 1. The number of terminal acetylenes is 1. The lowest BCUT2D eigenvalue weighted by Crippen LogP contribution is -2.03. The van der Waals surface area contributed by atoms with Crippen LogP contribution >= 0.6 is 11.6 Å². The van der Waals surface area contributed by atoms with Gasteiger partial charge in [0, 0.05) is 11.6 Å². The molecule has 1 aromatic rings. The zero-order valence-corrected chi connectivity index (χ0v) is 5.77. The van der Waals surface area contributed by atoms with Crippen LogP contribution in [-0.2, 0) is 0 Å². The van der Waals surface area contributed by atoms with Gasteiger partial charge in [0.15, 0.2) is 0 Å². The van der Waals surface area contributed by atoms with Gasteiger partial charge in [0.25, 0.3) is 0 Å². The van der Waals surface area contributed by atoms with E-state index < -0.39 is 0 Å². The molecule has 0 unspecified atom stereocenters. The van der Waals surface area contributed by atoms with E-state index in [0.717, 1.165) is 0 Å². The van der Waals surface area contributed by atoms with Crippen LogP contribution in [0.3, 0.4) is 0 Å². The highest BCUT2D eigenvalue weighted by Gasteiger charge is 1.91. The van der Waals surface area contributed by atoms with Crippen LogP contribution in [-0.4, -0.2) is 4.98 Å². The van der Waals surface area contributed by atoms with Crippen molar-refractivity contribution in [1.29, 1.82) is 0 Å². The smallest absolute Gasteiger partial charge is 0.250 e. The maximum atomic E-state index is 10.6. The van der Waals surface area contributed by atoms with Gasteiger partial charge in [0.1, 0.15) is 5.15 Å². The van der Waals surface area contributed by atoms with Crippen LogP contribution < -0.4 is 5.56 Å². The van der Waals surface area contributed by atoms with Gasteiger partial charge in [-0.1, -0.05) is 17.5 Å². The Labute approximate surface area is 62.8 Å². The van der Waals surface area contributed by atoms with Gasteiger partial charge in [-0.15, -0.1) is 6.42 Å². The van der Waals surface area contributed by atoms with Crippen LogP contribution in [0.4, 0.5) is 0 Å². The van der Waals surface area contributed by atoms with Crippen LogP contribution in [0.15, 0.2) is 16.9 Å². The molecule has 0 amide bonds. The zero-order chi connectivity index (χ0) is 7.56. The maximum Gasteiger partial charge on any atom is 0.250 e. The Morgan fingerprint density at radius 1 is 1.60 bits per heavy atom. The van der Waals surface area contributed by atoms with E-state index >= 15 is 0 Å². The predicted molar refractivity (Wildman–Crippen MR) is 40.0 cm³/mol. The van der Waals surface area contributed by atoms with Gasteiger partial charge in [-0.25, -0.2) is 0 Å². The maximum absolute atomic E-state index is 10.6. The first kappa shape index (κ1) is 6.91. The molecule has 50 valence electrons. The summed E-state index contributed by atoms with van der Waals surface area (Å²) in [6.45, 7) is 0. The third-order valence-electron chi connectivity index (χ3n) is 0.978. The second-order valence-electron chi connectivity index (χ2n) is 1.73. The van der Waals surface area contributed by atoms with Crippen molar-refractivity contribution in [2.75, 3.05) is 0 Å². The number of hydrogen-bond acceptors (Lipinski definition) is 1. The molecule has 0 radical (unpaired) electrons. The molecule has 0 aromatic carbocycles. The minimum atomic E-state index is -0.277. The minimum absolute atomic E-state index is 0.264. The summed E-state index contributed by atoms with van der Waals surface area (Å²) >= 11 is 5.48. The average Bonchev–Trinajstić information content (AvgIpc) is 1.85. The molecule has 10 heavy (non-hydrogen) atoms. The summed E-state index contributed by atoms with van der Waals surface area (Å²) in [5.41, 5.74) is 0.217. The molecule has 1 aromatic heterocycles. The molecular weight excluding hydrogens is 150 g/mol. The first-order valence-electron chi connectivity index (χ1n) is 2.59. The molecule has 0 saturated carbocycles. The molecule has 1 rings (SSSR count). The van der Waals surface area contributed by atoms with Crippen molar-refractivity contribution in [1.82, 2.24) is 4.98 Å². The molecule has 0 fully saturated rings. The lowest BCUT2D eigenvalue weighted by atomic mass is 10.3. The second kappa shape index (κ2) is 2.59. The number of aromatic amines is 1. The first-order chi connectivity index (χ1) is 4.72. The van der Waals surface area contributed by atoms with Gasteiger partial charge in [-0.05, 0) is 6.07 Å². The molecule has 0 spiro atoms.